The summed E-state index contributed by atoms with van der Waals surface area (Å²) in [7, 11) is 0. The average Bonchev–Trinajstić information content (AvgIpc) is 2.86. The number of para-hydroxylation sites is 1. The van der Waals surface area contributed by atoms with Gasteiger partial charge in [-0.3, -0.25) is 0 Å². The first-order valence-electron chi connectivity index (χ1n) is 6.59. The minimum absolute atomic E-state index is 0.0156. The third kappa shape index (κ3) is 2.86. The Kier molecular flexibility index (Phi) is 3.44. The fourth-order valence-corrected chi connectivity index (χ4v) is 2.27. The van der Waals surface area contributed by atoms with Crippen LogP contribution in [0.1, 0.15) is 11.3 Å². The number of anilines is 1. The van der Waals surface area contributed by atoms with Crippen molar-refractivity contribution < 1.29 is 17.9 Å². The molecule has 1 heterocycles. The first-order chi connectivity index (χ1) is 10.4. The molecule has 0 radical (unpaired) electrons. The van der Waals surface area contributed by atoms with Gasteiger partial charge >= 0.3 is 6.18 Å². The van der Waals surface area contributed by atoms with Crippen molar-refractivity contribution in [3.63, 3.8) is 0 Å². The standard InChI is InChI=1S/C16H13F3N2O/c17-16(18,19)13-3-1-2-4-15(13)22-9-12-8-10-7-11(20)5-6-14(10)21-12/h1-8,21H,9,20H2. The lowest BCUT2D eigenvalue weighted by molar-refractivity contribution is -0.139. The first-order valence-corrected chi connectivity index (χ1v) is 6.59. The lowest BCUT2D eigenvalue weighted by Gasteiger charge is -2.13. The number of hydrogen-bond donors (Lipinski definition) is 2. The fraction of sp³-hybridized carbons (Fsp3) is 0.125. The summed E-state index contributed by atoms with van der Waals surface area (Å²) >= 11 is 0. The number of halogens is 3. The van der Waals surface area contributed by atoms with Crippen LogP contribution >= 0.6 is 0 Å². The lowest BCUT2D eigenvalue weighted by Crippen LogP contribution is -2.08. The minimum Gasteiger partial charge on any atom is -0.487 e. The molecule has 0 atom stereocenters. The highest BCUT2D eigenvalue weighted by Crippen LogP contribution is 2.36. The second-order valence-corrected chi connectivity index (χ2v) is 4.92. The molecular weight excluding hydrogens is 293 g/mol. The van der Waals surface area contributed by atoms with E-state index in [9.17, 15) is 13.2 Å². The molecule has 114 valence electrons. The third-order valence-corrected chi connectivity index (χ3v) is 3.28. The summed E-state index contributed by atoms with van der Waals surface area (Å²) in [4.78, 5) is 3.09. The van der Waals surface area contributed by atoms with Crippen LogP contribution in [-0.4, -0.2) is 4.98 Å². The van der Waals surface area contributed by atoms with Crippen LogP contribution in [0.2, 0.25) is 0 Å². The smallest absolute Gasteiger partial charge is 0.419 e. The summed E-state index contributed by atoms with van der Waals surface area (Å²) in [6.07, 6.45) is -4.44. The molecule has 3 aromatic rings. The van der Waals surface area contributed by atoms with E-state index in [1.54, 1.807) is 12.1 Å². The Labute approximate surface area is 124 Å². The number of fused-ring (bicyclic) bond motifs is 1. The van der Waals surface area contributed by atoms with Gasteiger partial charge in [-0.1, -0.05) is 12.1 Å². The maximum Gasteiger partial charge on any atom is 0.419 e. The molecule has 6 heteroatoms. The normalized spacial score (nSPS) is 11.8. The topological polar surface area (TPSA) is 51.0 Å². The van der Waals surface area contributed by atoms with Crippen LogP contribution in [0.5, 0.6) is 5.75 Å². The first kappa shape index (κ1) is 14.3. The number of nitrogen functional groups attached to an aromatic ring is 1. The molecule has 0 aliphatic rings. The zero-order chi connectivity index (χ0) is 15.7. The maximum absolute atomic E-state index is 12.9. The number of aromatic amines is 1. The van der Waals surface area contributed by atoms with Crippen molar-refractivity contribution >= 4 is 16.6 Å². The van der Waals surface area contributed by atoms with E-state index in [0.29, 0.717) is 11.4 Å². The molecule has 0 fully saturated rings. The number of aromatic nitrogens is 1. The monoisotopic (exact) mass is 306 g/mol. The van der Waals surface area contributed by atoms with E-state index in [0.717, 1.165) is 17.0 Å². The molecule has 0 saturated heterocycles. The molecule has 0 aliphatic carbocycles. The van der Waals surface area contributed by atoms with E-state index < -0.39 is 11.7 Å². The van der Waals surface area contributed by atoms with Crippen LogP contribution in [0.15, 0.2) is 48.5 Å². The summed E-state index contributed by atoms with van der Waals surface area (Å²) < 4.78 is 44.0. The molecule has 22 heavy (non-hydrogen) atoms. The van der Waals surface area contributed by atoms with Crippen molar-refractivity contribution in [3.05, 3.63) is 59.8 Å². The minimum atomic E-state index is -4.44. The molecule has 1 aromatic heterocycles. The van der Waals surface area contributed by atoms with Gasteiger partial charge in [0.25, 0.3) is 0 Å². The highest BCUT2D eigenvalue weighted by Gasteiger charge is 2.34. The highest BCUT2D eigenvalue weighted by molar-refractivity contribution is 5.83. The number of hydrogen-bond acceptors (Lipinski definition) is 2. The lowest BCUT2D eigenvalue weighted by atomic mass is 10.2. The predicted octanol–water partition coefficient (Wildman–Crippen LogP) is 4.35. The summed E-state index contributed by atoms with van der Waals surface area (Å²) in [6.45, 7) is 0.0156. The van der Waals surface area contributed by atoms with Crippen molar-refractivity contribution in [1.82, 2.24) is 4.98 Å². The van der Waals surface area contributed by atoms with E-state index >= 15 is 0 Å². The largest absolute Gasteiger partial charge is 0.487 e. The van der Waals surface area contributed by atoms with Crippen molar-refractivity contribution in [2.45, 2.75) is 12.8 Å². The third-order valence-electron chi connectivity index (χ3n) is 3.28. The van der Waals surface area contributed by atoms with E-state index in [2.05, 4.69) is 4.98 Å². The van der Waals surface area contributed by atoms with Gasteiger partial charge in [-0.15, -0.1) is 0 Å². The summed E-state index contributed by atoms with van der Waals surface area (Å²) in [6, 6.07) is 12.3. The van der Waals surface area contributed by atoms with Crippen LogP contribution < -0.4 is 10.5 Å². The van der Waals surface area contributed by atoms with Crippen molar-refractivity contribution in [1.29, 1.82) is 0 Å². The molecule has 0 unspecified atom stereocenters. The molecule has 0 bridgehead atoms. The van der Waals surface area contributed by atoms with E-state index in [-0.39, 0.29) is 12.4 Å². The van der Waals surface area contributed by atoms with Gasteiger partial charge < -0.3 is 15.5 Å². The Balaban J connectivity index is 1.82. The molecule has 0 aliphatic heterocycles. The van der Waals surface area contributed by atoms with Gasteiger partial charge in [-0.05, 0) is 36.4 Å². The highest BCUT2D eigenvalue weighted by atomic mass is 19.4. The fourth-order valence-electron chi connectivity index (χ4n) is 2.27. The molecule has 0 spiro atoms. The summed E-state index contributed by atoms with van der Waals surface area (Å²) in [5.41, 5.74) is 7.08. The van der Waals surface area contributed by atoms with Gasteiger partial charge in [0, 0.05) is 16.6 Å². The van der Waals surface area contributed by atoms with E-state index in [1.807, 2.05) is 12.1 Å². The Hall–Kier alpha value is -2.63. The Morgan fingerprint density at radius 1 is 1.05 bits per heavy atom. The number of ether oxygens (including phenoxy) is 1. The molecule has 3 nitrogen and oxygen atoms in total. The average molecular weight is 306 g/mol. The number of benzene rings is 2. The zero-order valence-electron chi connectivity index (χ0n) is 11.4. The quantitative estimate of drug-likeness (QED) is 0.707. The second kappa shape index (κ2) is 5.29. The van der Waals surface area contributed by atoms with Gasteiger partial charge in [0.1, 0.15) is 12.4 Å². The zero-order valence-corrected chi connectivity index (χ0v) is 11.4. The van der Waals surface area contributed by atoms with Crippen molar-refractivity contribution in [2.75, 3.05) is 5.73 Å². The number of alkyl halides is 3. The van der Waals surface area contributed by atoms with Crippen LogP contribution in [0, 0.1) is 0 Å². The second-order valence-electron chi connectivity index (χ2n) is 4.92. The van der Waals surface area contributed by atoms with Gasteiger partial charge in [-0.2, -0.15) is 13.2 Å². The van der Waals surface area contributed by atoms with Crippen LogP contribution in [0.25, 0.3) is 10.9 Å². The summed E-state index contributed by atoms with van der Waals surface area (Å²) in [5, 5.41) is 0.891. The van der Waals surface area contributed by atoms with Crippen molar-refractivity contribution in [3.8, 4) is 5.75 Å². The van der Waals surface area contributed by atoms with Gasteiger partial charge in [-0.25, -0.2) is 0 Å². The van der Waals surface area contributed by atoms with Gasteiger partial charge in [0.05, 0.1) is 11.3 Å². The van der Waals surface area contributed by atoms with Crippen LogP contribution in [-0.2, 0) is 12.8 Å². The number of nitrogens with one attached hydrogen (secondary N) is 1. The SMILES string of the molecule is Nc1ccc2[nH]c(COc3ccccc3C(F)(F)F)cc2c1. The molecule has 3 N–H and O–H groups in total. The van der Waals surface area contributed by atoms with Crippen molar-refractivity contribution in [2.24, 2.45) is 0 Å². The Bertz CT molecular complexity index is 809. The van der Waals surface area contributed by atoms with Crippen LogP contribution in [0.3, 0.4) is 0 Å². The number of rotatable bonds is 3. The van der Waals surface area contributed by atoms with Gasteiger partial charge in [0.15, 0.2) is 0 Å². The number of H-pyrrole nitrogens is 1. The Morgan fingerprint density at radius 3 is 2.59 bits per heavy atom. The molecular formula is C16H13F3N2O. The van der Waals surface area contributed by atoms with Gasteiger partial charge in [0.2, 0.25) is 0 Å². The Morgan fingerprint density at radius 2 is 1.82 bits per heavy atom. The van der Waals surface area contributed by atoms with Crippen LogP contribution in [0.4, 0.5) is 18.9 Å². The maximum atomic E-state index is 12.9. The summed E-state index contributed by atoms with van der Waals surface area (Å²) in [5.74, 6) is -0.187. The molecule has 0 amide bonds. The number of nitrogens with two attached hydrogens (primary N) is 1. The molecule has 3 rings (SSSR count). The molecule has 0 saturated carbocycles. The predicted molar refractivity (Wildman–Crippen MR) is 78.5 cm³/mol. The molecule has 2 aromatic carbocycles. The van der Waals surface area contributed by atoms with E-state index in [1.165, 1.54) is 18.2 Å². The van der Waals surface area contributed by atoms with E-state index in [4.69, 9.17) is 10.5 Å².